The van der Waals surface area contributed by atoms with E-state index in [2.05, 4.69) is 129 Å². The van der Waals surface area contributed by atoms with Gasteiger partial charge in [0.25, 0.3) is 0 Å². The standard InChI is InChI=1S/C27H27I/c1-6-22-23-14-10-11-15-24(23)27(4,5)25(22)18-20(3)19(2)16-17-26(28)21-12-8-7-9-13-21/h6-12,14-18H,2-3,13H2,1,4-5H3/b17-16-,22-6-,25-18+,26-21+. The molecule has 142 valence electrons. The van der Waals surface area contributed by atoms with Crippen molar-refractivity contribution in [2.75, 3.05) is 0 Å². The highest BCUT2D eigenvalue weighted by molar-refractivity contribution is 14.1. The van der Waals surface area contributed by atoms with E-state index in [0.29, 0.717) is 0 Å². The van der Waals surface area contributed by atoms with E-state index >= 15 is 0 Å². The molecule has 0 unspecified atom stereocenters. The molecule has 3 rings (SSSR count). The first-order chi connectivity index (χ1) is 13.4. The lowest BCUT2D eigenvalue weighted by atomic mass is 9.81. The summed E-state index contributed by atoms with van der Waals surface area (Å²) in [6, 6.07) is 8.68. The molecule has 0 N–H and O–H groups in total. The second-order valence-electron chi connectivity index (χ2n) is 7.68. The Hall–Kier alpha value is -2.13. The van der Waals surface area contributed by atoms with Gasteiger partial charge in [0.1, 0.15) is 0 Å². The topological polar surface area (TPSA) is 0 Å². The summed E-state index contributed by atoms with van der Waals surface area (Å²) < 4.78 is 1.24. The summed E-state index contributed by atoms with van der Waals surface area (Å²) >= 11 is 2.40. The zero-order valence-corrected chi connectivity index (χ0v) is 19.1. The average Bonchev–Trinajstić information content (AvgIpc) is 2.93. The van der Waals surface area contributed by atoms with Gasteiger partial charge in [-0.2, -0.15) is 0 Å². The number of fused-ring (bicyclic) bond motifs is 1. The van der Waals surface area contributed by atoms with Gasteiger partial charge in [0.2, 0.25) is 0 Å². The van der Waals surface area contributed by atoms with Gasteiger partial charge in [0.15, 0.2) is 0 Å². The zero-order valence-electron chi connectivity index (χ0n) is 16.9. The fraction of sp³-hybridized carbons (Fsp3) is 0.185. The number of hydrogen-bond donors (Lipinski definition) is 0. The third-order valence-corrected chi connectivity index (χ3v) is 6.55. The molecule has 2 aliphatic rings. The summed E-state index contributed by atoms with van der Waals surface area (Å²) in [5.74, 6) is 0. The van der Waals surface area contributed by atoms with Crippen LogP contribution in [0.15, 0.2) is 112 Å². The van der Waals surface area contributed by atoms with E-state index in [0.717, 1.165) is 17.6 Å². The minimum Gasteiger partial charge on any atom is -0.0912 e. The molecule has 0 saturated heterocycles. The summed E-state index contributed by atoms with van der Waals surface area (Å²) in [7, 11) is 0. The molecule has 1 aromatic rings. The number of rotatable bonds is 4. The summed E-state index contributed by atoms with van der Waals surface area (Å²) in [6.07, 6.45) is 18.1. The van der Waals surface area contributed by atoms with Crippen LogP contribution in [0.25, 0.3) is 5.57 Å². The van der Waals surface area contributed by atoms with Crippen molar-refractivity contribution in [2.24, 2.45) is 0 Å². The van der Waals surface area contributed by atoms with E-state index in [9.17, 15) is 0 Å². The van der Waals surface area contributed by atoms with E-state index in [4.69, 9.17) is 0 Å². The lowest BCUT2D eigenvalue weighted by Gasteiger charge is -2.22. The first-order valence-electron chi connectivity index (χ1n) is 9.63. The Labute approximate surface area is 183 Å². The van der Waals surface area contributed by atoms with Crippen molar-refractivity contribution in [2.45, 2.75) is 32.6 Å². The van der Waals surface area contributed by atoms with Gasteiger partial charge < -0.3 is 0 Å². The molecule has 28 heavy (non-hydrogen) atoms. The van der Waals surface area contributed by atoms with Crippen molar-refractivity contribution in [1.29, 1.82) is 0 Å². The molecule has 0 aliphatic heterocycles. The Morgan fingerprint density at radius 1 is 1.07 bits per heavy atom. The molecule has 0 nitrogen and oxygen atoms in total. The predicted molar refractivity (Wildman–Crippen MR) is 133 cm³/mol. The van der Waals surface area contributed by atoms with E-state index < -0.39 is 0 Å². The van der Waals surface area contributed by atoms with E-state index in [1.165, 1.54) is 31.4 Å². The Kier molecular flexibility index (Phi) is 6.24. The van der Waals surface area contributed by atoms with Crippen molar-refractivity contribution in [3.05, 3.63) is 123 Å². The maximum Gasteiger partial charge on any atom is 0.0165 e. The molecular weight excluding hydrogens is 451 g/mol. The molecule has 0 spiro atoms. The van der Waals surface area contributed by atoms with Crippen LogP contribution in [0.2, 0.25) is 0 Å². The van der Waals surface area contributed by atoms with Gasteiger partial charge in [-0.1, -0.05) is 93.8 Å². The van der Waals surface area contributed by atoms with Crippen LogP contribution in [-0.2, 0) is 5.41 Å². The summed E-state index contributed by atoms with van der Waals surface area (Å²) in [6.45, 7) is 15.2. The summed E-state index contributed by atoms with van der Waals surface area (Å²) in [4.78, 5) is 0. The summed E-state index contributed by atoms with van der Waals surface area (Å²) in [5, 5.41) is 0. The highest BCUT2D eigenvalue weighted by Gasteiger charge is 2.37. The summed E-state index contributed by atoms with van der Waals surface area (Å²) in [5.41, 5.74) is 8.50. The number of halogens is 1. The van der Waals surface area contributed by atoms with Gasteiger partial charge in [-0.25, -0.2) is 0 Å². The molecule has 2 aliphatic carbocycles. The fourth-order valence-corrected chi connectivity index (χ4v) is 4.38. The van der Waals surface area contributed by atoms with Crippen LogP contribution in [0.1, 0.15) is 38.3 Å². The van der Waals surface area contributed by atoms with Crippen LogP contribution < -0.4 is 0 Å². The van der Waals surface area contributed by atoms with Crippen molar-refractivity contribution < 1.29 is 0 Å². The third-order valence-electron chi connectivity index (χ3n) is 5.49. The van der Waals surface area contributed by atoms with Gasteiger partial charge >= 0.3 is 0 Å². The SMILES string of the molecule is C=C(/C=C\C(I)=C1\C=CC=CC1)C(=C)/C=C1\C(=C/C)c2ccccc2C1(C)C. The molecular formula is C27H27I. The predicted octanol–water partition coefficient (Wildman–Crippen LogP) is 8.18. The van der Waals surface area contributed by atoms with Crippen molar-refractivity contribution >= 4 is 28.2 Å². The van der Waals surface area contributed by atoms with Crippen molar-refractivity contribution in [3.8, 4) is 0 Å². The van der Waals surface area contributed by atoms with E-state index in [1.807, 2.05) is 0 Å². The van der Waals surface area contributed by atoms with Crippen LogP contribution in [0.4, 0.5) is 0 Å². The molecule has 0 heterocycles. The normalized spacial score (nSPS) is 22.1. The van der Waals surface area contributed by atoms with Crippen LogP contribution >= 0.6 is 22.6 Å². The number of benzene rings is 1. The third kappa shape index (κ3) is 4.00. The van der Waals surface area contributed by atoms with Crippen LogP contribution in [0, 0.1) is 0 Å². The Bertz CT molecular complexity index is 1000. The second kappa shape index (κ2) is 8.48. The minimum absolute atomic E-state index is 0.0407. The lowest BCUT2D eigenvalue weighted by molar-refractivity contribution is 0.660. The molecule has 0 radical (unpaired) electrons. The van der Waals surface area contributed by atoms with E-state index in [1.54, 1.807) is 0 Å². The highest BCUT2D eigenvalue weighted by Crippen LogP contribution is 2.49. The van der Waals surface area contributed by atoms with Gasteiger partial charge in [-0.05, 0) is 81.0 Å². The maximum absolute atomic E-state index is 4.31. The molecule has 1 heteroatoms. The highest BCUT2D eigenvalue weighted by atomic mass is 127. The van der Waals surface area contributed by atoms with Crippen LogP contribution in [-0.4, -0.2) is 0 Å². The second-order valence-corrected chi connectivity index (χ2v) is 8.84. The van der Waals surface area contributed by atoms with Gasteiger partial charge in [0.05, 0.1) is 0 Å². The first-order valence-corrected chi connectivity index (χ1v) is 10.7. The largest absolute Gasteiger partial charge is 0.0912 e. The average molecular weight is 478 g/mol. The number of allylic oxidation sites excluding steroid dienone is 14. The van der Waals surface area contributed by atoms with Crippen molar-refractivity contribution in [3.63, 3.8) is 0 Å². The van der Waals surface area contributed by atoms with Gasteiger partial charge in [0, 0.05) is 8.99 Å². The van der Waals surface area contributed by atoms with Gasteiger partial charge in [-0.3, -0.25) is 0 Å². The monoisotopic (exact) mass is 478 g/mol. The van der Waals surface area contributed by atoms with Crippen molar-refractivity contribution in [1.82, 2.24) is 0 Å². The molecule has 0 atom stereocenters. The van der Waals surface area contributed by atoms with Gasteiger partial charge in [-0.15, -0.1) is 0 Å². The molecule has 0 amide bonds. The molecule has 0 saturated carbocycles. The molecule has 0 aromatic heterocycles. The first kappa shape index (κ1) is 20.6. The number of hydrogen-bond acceptors (Lipinski definition) is 0. The lowest BCUT2D eigenvalue weighted by Crippen LogP contribution is -2.15. The quantitative estimate of drug-likeness (QED) is 0.302. The Morgan fingerprint density at radius 2 is 1.82 bits per heavy atom. The van der Waals surface area contributed by atoms with Crippen LogP contribution in [0.3, 0.4) is 0 Å². The fourth-order valence-electron chi connectivity index (χ4n) is 3.80. The zero-order chi connectivity index (χ0) is 20.3. The minimum atomic E-state index is -0.0407. The smallest absolute Gasteiger partial charge is 0.0165 e. The Morgan fingerprint density at radius 3 is 2.50 bits per heavy atom. The van der Waals surface area contributed by atoms with E-state index in [-0.39, 0.29) is 5.41 Å². The Balaban J connectivity index is 1.86. The molecule has 0 bridgehead atoms. The maximum atomic E-state index is 4.31. The molecule has 0 fully saturated rings. The molecule has 1 aromatic carbocycles. The van der Waals surface area contributed by atoms with Crippen LogP contribution in [0.5, 0.6) is 0 Å².